The van der Waals surface area contributed by atoms with Crippen molar-refractivity contribution < 1.29 is 27.1 Å². The van der Waals surface area contributed by atoms with Crippen molar-refractivity contribution in [2.45, 2.75) is 24.5 Å². The molecule has 6 nitrogen and oxygen atoms in total. The molecule has 2 heterocycles. The fourth-order valence-corrected chi connectivity index (χ4v) is 3.69. The molecule has 32 heavy (non-hydrogen) atoms. The molecule has 2 aromatic heterocycles. The minimum atomic E-state index is -4.58. The molecule has 0 saturated carbocycles. The number of amides is 1. The number of nitrogens with one attached hydrogen (secondary N) is 1. The number of carbonyl (C=O) groups excluding carboxylic acids is 1. The molecule has 3 rings (SSSR count). The van der Waals surface area contributed by atoms with Gasteiger partial charge in [-0.15, -0.1) is 0 Å². The summed E-state index contributed by atoms with van der Waals surface area (Å²) in [5, 5.41) is 2.30. The van der Waals surface area contributed by atoms with Crippen LogP contribution < -0.4 is 5.32 Å². The number of carbonyl (C=O) groups is 1. The summed E-state index contributed by atoms with van der Waals surface area (Å²) in [6, 6.07) is 8.72. The highest BCUT2D eigenvalue weighted by atomic mass is 35.5. The van der Waals surface area contributed by atoms with Crippen LogP contribution in [0, 0.1) is 6.92 Å². The average molecular weight is 486 g/mol. The molecule has 0 spiro atoms. The van der Waals surface area contributed by atoms with Crippen molar-refractivity contribution in [3.05, 3.63) is 76.2 Å². The second-order valence-corrected chi connectivity index (χ2v) is 9.68. The molecule has 0 bridgehead atoms. The Kier molecular flexibility index (Phi) is 6.80. The van der Waals surface area contributed by atoms with Crippen LogP contribution in [0.1, 0.15) is 27.2 Å². The van der Waals surface area contributed by atoms with Crippen LogP contribution in [0.5, 0.6) is 0 Å². The fraction of sp³-hybridized carbons (Fsp3) is 0.190. The number of aryl methyl sites for hydroxylation is 1. The third-order valence-electron chi connectivity index (χ3n) is 4.48. The first-order chi connectivity index (χ1) is 14.8. The third-order valence-corrected chi connectivity index (χ3v) is 5.94. The smallest absolute Gasteiger partial charge is 0.346 e. The van der Waals surface area contributed by atoms with E-state index in [-0.39, 0.29) is 27.7 Å². The zero-order valence-corrected chi connectivity index (χ0v) is 18.5. The van der Waals surface area contributed by atoms with Gasteiger partial charge in [0.05, 0.1) is 33.4 Å². The maximum absolute atomic E-state index is 12.8. The highest BCUT2D eigenvalue weighted by molar-refractivity contribution is 8.23. The molecular weight excluding hydrogens is 467 g/mol. The second-order valence-electron chi connectivity index (χ2n) is 7.13. The van der Waals surface area contributed by atoms with Crippen LogP contribution in [-0.4, -0.2) is 31.2 Å². The summed E-state index contributed by atoms with van der Waals surface area (Å²) in [6.45, 7) is 1.65. The van der Waals surface area contributed by atoms with Crippen molar-refractivity contribution in [1.82, 2.24) is 15.3 Å². The molecule has 0 atom stereocenters. The standard InChI is InChI=1S/C21H19ClF3N3O3S/c1-12-3-4-18(26-9-12)13-5-14(7-16(6-13)32(2,30)31)20(29)28-11-19-17(22)8-15(10-27-19)21(23,24)25/h3-10,30-31H,11H2,1-2H3,(H,28,29). The first kappa shape index (κ1) is 24.0. The molecule has 1 amide bonds. The summed E-state index contributed by atoms with van der Waals surface area (Å²) in [4.78, 5) is 20.9. The van der Waals surface area contributed by atoms with Gasteiger partial charge in [-0.05, 0) is 42.8 Å². The Morgan fingerprint density at radius 3 is 2.41 bits per heavy atom. The largest absolute Gasteiger partial charge is 0.417 e. The summed E-state index contributed by atoms with van der Waals surface area (Å²) in [5.41, 5.74) is 1.15. The van der Waals surface area contributed by atoms with E-state index in [1.807, 2.05) is 13.0 Å². The van der Waals surface area contributed by atoms with Crippen LogP contribution >= 0.6 is 22.2 Å². The van der Waals surface area contributed by atoms with Crippen LogP contribution in [-0.2, 0) is 12.7 Å². The lowest BCUT2D eigenvalue weighted by atomic mass is 10.1. The number of rotatable bonds is 5. The van der Waals surface area contributed by atoms with Crippen LogP contribution in [0.3, 0.4) is 0 Å². The molecule has 3 N–H and O–H groups in total. The Bertz CT molecular complexity index is 1150. The van der Waals surface area contributed by atoms with E-state index in [0.717, 1.165) is 11.6 Å². The number of hydrogen-bond donors (Lipinski definition) is 3. The van der Waals surface area contributed by atoms with Crippen molar-refractivity contribution in [2.75, 3.05) is 6.26 Å². The molecule has 0 aliphatic rings. The summed E-state index contributed by atoms with van der Waals surface area (Å²) in [5.74, 6) is -0.596. The monoisotopic (exact) mass is 485 g/mol. The molecule has 170 valence electrons. The maximum Gasteiger partial charge on any atom is 0.417 e. The van der Waals surface area contributed by atoms with Gasteiger partial charge >= 0.3 is 6.18 Å². The molecule has 0 aliphatic carbocycles. The van der Waals surface area contributed by atoms with Crippen molar-refractivity contribution in [2.24, 2.45) is 0 Å². The normalized spacial score (nSPS) is 12.5. The van der Waals surface area contributed by atoms with Gasteiger partial charge in [-0.1, -0.05) is 17.7 Å². The lowest BCUT2D eigenvalue weighted by Crippen LogP contribution is -2.24. The summed E-state index contributed by atoms with van der Waals surface area (Å²) in [7, 11) is -3.14. The summed E-state index contributed by atoms with van der Waals surface area (Å²) < 4.78 is 58.5. The number of pyridine rings is 2. The molecule has 0 saturated heterocycles. The SMILES string of the molecule is Cc1ccc(-c2cc(C(=O)NCc3ncc(C(F)(F)F)cc3Cl)cc(S(C)(O)O)c2)nc1. The van der Waals surface area contributed by atoms with Gasteiger partial charge in [0.1, 0.15) is 0 Å². The van der Waals surface area contributed by atoms with E-state index >= 15 is 0 Å². The van der Waals surface area contributed by atoms with E-state index < -0.39 is 28.2 Å². The lowest BCUT2D eigenvalue weighted by molar-refractivity contribution is -0.137. The second kappa shape index (κ2) is 9.07. The van der Waals surface area contributed by atoms with E-state index in [1.165, 1.54) is 24.5 Å². The molecule has 3 aromatic rings. The lowest BCUT2D eigenvalue weighted by Gasteiger charge is -2.28. The number of aromatic nitrogens is 2. The molecule has 0 aliphatic heterocycles. The van der Waals surface area contributed by atoms with Crippen LogP contribution in [0.2, 0.25) is 5.02 Å². The minimum absolute atomic E-state index is 0.0596. The van der Waals surface area contributed by atoms with Gasteiger partial charge in [0.2, 0.25) is 0 Å². The van der Waals surface area contributed by atoms with Crippen molar-refractivity contribution in [3.63, 3.8) is 0 Å². The first-order valence-corrected chi connectivity index (χ1v) is 11.5. The van der Waals surface area contributed by atoms with Gasteiger partial charge < -0.3 is 5.32 Å². The highest BCUT2D eigenvalue weighted by Gasteiger charge is 2.31. The van der Waals surface area contributed by atoms with E-state index in [4.69, 9.17) is 11.6 Å². The molecule has 0 unspecified atom stereocenters. The number of halogens is 4. The summed E-state index contributed by atoms with van der Waals surface area (Å²) >= 11 is 5.88. The highest BCUT2D eigenvalue weighted by Crippen LogP contribution is 2.45. The first-order valence-electron chi connectivity index (χ1n) is 9.16. The van der Waals surface area contributed by atoms with Crippen molar-refractivity contribution in [1.29, 1.82) is 0 Å². The van der Waals surface area contributed by atoms with Gasteiger partial charge in [-0.3, -0.25) is 23.9 Å². The van der Waals surface area contributed by atoms with Gasteiger partial charge in [0, 0.05) is 29.8 Å². The molecule has 0 fully saturated rings. The summed E-state index contributed by atoms with van der Waals surface area (Å²) in [6.07, 6.45) is -1.06. The zero-order valence-electron chi connectivity index (χ0n) is 16.9. The van der Waals surface area contributed by atoms with E-state index in [2.05, 4.69) is 15.3 Å². The Morgan fingerprint density at radius 2 is 1.84 bits per heavy atom. The van der Waals surface area contributed by atoms with Gasteiger partial charge in [-0.2, -0.15) is 23.8 Å². The van der Waals surface area contributed by atoms with Crippen LogP contribution in [0.15, 0.2) is 53.7 Å². The Hall–Kier alpha value is -2.66. The molecule has 0 radical (unpaired) electrons. The Morgan fingerprint density at radius 1 is 1.12 bits per heavy atom. The van der Waals surface area contributed by atoms with Gasteiger partial charge in [0.15, 0.2) is 0 Å². The molecule has 11 heteroatoms. The van der Waals surface area contributed by atoms with Gasteiger partial charge in [-0.25, -0.2) is 0 Å². The predicted octanol–water partition coefficient (Wildman–Crippen LogP) is 5.79. The Labute approximate surface area is 188 Å². The topological polar surface area (TPSA) is 95.3 Å². The minimum Gasteiger partial charge on any atom is -0.346 e. The number of hydrogen-bond acceptors (Lipinski definition) is 5. The number of alkyl halides is 3. The van der Waals surface area contributed by atoms with Gasteiger partial charge in [0.25, 0.3) is 5.91 Å². The van der Waals surface area contributed by atoms with E-state index in [1.54, 1.807) is 12.3 Å². The predicted molar refractivity (Wildman–Crippen MR) is 117 cm³/mol. The quantitative estimate of drug-likeness (QED) is 0.425. The molecule has 1 aromatic carbocycles. The zero-order chi connectivity index (χ0) is 23.7. The fourth-order valence-electron chi connectivity index (χ4n) is 2.76. The van der Waals surface area contributed by atoms with E-state index in [0.29, 0.717) is 17.5 Å². The van der Waals surface area contributed by atoms with E-state index in [9.17, 15) is 27.1 Å². The van der Waals surface area contributed by atoms with Crippen LogP contribution in [0.4, 0.5) is 13.2 Å². The molecular formula is C21H19ClF3N3O3S. The number of benzene rings is 1. The van der Waals surface area contributed by atoms with Crippen molar-refractivity contribution >= 4 is 28.1 Å². The number of nitrogens with zero attached hydrogens (tertiary/aromatic N) is 2. The average Bonchev–Trinajstić information content (AvgIpc) is 2.71. The third kappa shape index (κ3) is 5.77. The van der Waals surface area contributed by atoms with Crippen LogP contribution in [0.25, 0.3) is 11.3 Å². The van der Waals surface area contributed by atoms with Crippen molar-refractivity contribution in [3.8, 4) is 11.3 Å². The maximum atomic E-state index is 12.8. The Balaban J connectivity index is 1.87.